The zero-order valence-corrected chi connectivity index (χ0v) is 13.3. The highest BCUT2D eigenvalue weighted by Gasteiger charge is 2.15. The molecule has 1 heterocycles. The molecule has 0 amide bonds. The number of methoxy groups -OCH3 is 2. The Morgan fingerprint density at radius 2 is 1.62 bits per heavy atom. The van der Waals surface area contributed by atoms with Crippen molar-refractivity contribution in [2.45, 2.75) is 38.1 Å². The van der Waals surface area contributed by atoms with Crippen molar-refractivity contribution in [1.82, 2.24) is 4.90 Å². The first kappa shape index (κ1) is 16.1. The summed E-state index contributed by atoms with van der Waals surface area (Å²) in [5, 5.41) is 0. The van der Waals surface area contributed by atoms with Crippen LogP contribution in [-0.4, -0.2) is 38.8 Å². The van der Waals surface area contributed by atoms with Gasteiger partial charge >= 0.3 is 0 Å². The lowest BCUT2D eigenvalue weighted by Crippen LogP contribution is -2.34. The lowest BCUT2D eigenvalue weighted by Gasteiger charge is -2.27. The summed E-state index contributed by atoms with van der Waals surface area (Å²) in [6.07, 6.45) is 6.66. The summed E-state index contributed by atoms with van der Waals surface area (Å²) in [5.74, 6) is 1.50. The summed E-state index contributed by atoms with van der Waals surface area (Å²) in [4.78, 5) is 2.50. The Balaban J connectivity index is 1.99. The largest absolute Gasteiger partial charge is 0.493 e. The standard InChI is InChI=1S/C17H28N2O2/c1-20-16-9-8-14(12-17(16)21-2)15(18)13-19-10-6-4-3-5-7-11-19/h8-9,12,15H,3-7,10-11,13,18H2,1-2H3. The van der Waals surface area contributed by atoms with Gasteiger partial charge in [0.05, 0.1) is 14.2 Å². The second kappa shape index (κ2) is 8.25. The maximum atomic E-state index is 6.39. The predicted octanol–water partition coefficient (Wildman–Crippen LogP) is 2.97. The molecule has 0 saturated carbocycles. The van der Waals surface area contributed by atoms with Crippen LogP contribution >= 0.6 is 0 Å². The molecular weight excluding hydrogens is 264 g/mol. The van der Waals surface area contributed by atoms with Gasteiger partial charge < -0.3 is 20.1 Å². The van der Waals surface area contributed by atoms with Gasteiger partial charge in [0, 0.05) is 12.6 Å². The quantitative estimate of drug-likeness (QED) is 0.906. The fraction of sp³-hybridized carbons (Fsp3) is 0.647. The minimum atomic E-state index is 0.0178. The van der Waals surface area contributed by atoms with Crippen molar-refractivity contribution in [3.63, 3.8) is 0 Å². The van der Waals surface area contributed by atoms with Crippen LogP contribution in [0.2, 0.25) is 0 Å². The minimum absolute atomic E-state index is 0.0178. The van der Waals surface area contributed by atoms with Gasteiger partial charge in [0.2, 0.25) is 0 Å². The second-order valence-electron chi connectivity index (χ2n) is 5.79. The fourth-order valence-corrected chi connectivity index (χ4v) is 2.96. The van der Waals surface area contributed by atoms with Crippen molar-refractivity contribution in [1.29, 1.82) is 0 Å². The SMILES string of the molecule is COc1ccc(C(N)CN2CCCCCCC2)cc1OC. The number of nitrogens with zero attached hydrogens (tertiary/aromatic N) is 1. The first-order valence-corrected chi connectivity index (χ1v) is 7.94. The topological polar surface area (TPSA) is 47.7 Å². The van der Waals surface area contributed by atoms with Crippen molar-refractivity contribution >= 4 is 0 Å². The van der Waals surface area contributed by atoms with E-state index in [0.717, 1.165) is 23.6 Å². The smallest absolute Gasteiger partial charge is 0.161 e. The third-order valence-electron chi connectivity index (χ3n) is 4.24. The zero-order valence-electron chi connectivity index (χ0n) is 13.3. The maximum Gasteiger partial charge on any atom is 0.161 e. The van der Waals surface area contributed by atoms with Crippen molar-refractivity contribution in [2.75, 3.05) is 33.9 Å². The molecule has 1 unspecified atom stereocenters. The zero-order chi connectivity index (χ0) is 15.1. The molecule has 1 aliphatic rings. The molecule has 118 valence electrons. The Labute approximate surface area is 128 Å². The van der Waals surface area contributed by atoms with Gasteiger partial charge in [0.1, 0.15) is 0 Å². The lowest BCUT2D eigenvalue weighted by molar-refractivity contribution is 0.234. The van der Waals surface area contributed by atoms with Crippen molar-refractivity contribution < 1.29 is 9.47 Å². The Bertz CT molecular complexity index is 429. The van der Waals surface area contributed by atoms with Crippen molar-refractivity contribution in [3.8, 4) is 11.5 Å². The van der Waals surface area contributed by atoms with E-state index in [2.05, 4.69) is 4.90 Å². The number of rotatable bonds is 5. The van der Waals surface area contributed by atoms with Gasteiger partial charge in [-0.25, -0.2) is 0 Å². The van der Waals surface area contributed by atoms with Gasteiger partial charge in [-0.3, -0.25) is 0 Å². The summed E-state index contributed by atoms with van der Waals surface area (Å²) in [6.45, 7) is 3.25. The first-order chi connectivity index (χ1) is 10.2. The first-order valence-electron chi connectivity index (χ1n) is 7.94. The highest BCUT2D eigenvalue weighted by atomic mass is 16.5. The van der Waals surface area contributed by atoms with Crippen molar-refractivity contribution in [3.05, 3.63) is 23.8 Å². The van der Waals surface area contributed by atoms with E-state index in [1.807, 2.05) is 18.2 Å². The van der Waals surface area contributed by atoms with Crippen LogP contribution in [-0.2, 0) is 0 Å². The molecule has 1 aromatic rings. The number of benzene rings is 1. The van der Waals surface area contributed by atoms with Crippen LogP contribution in [0.3, 0.4) is 0 Å². The number of hydrogen-bond acceptors (Lipinski definition) is 4. The molecule has 0 aliphatic carbocycles. The molecule has 0 spiro atoms. The van der Waals surface area contributed by atoms with Crippen LogP contribution in [0.25, 0.3) is 0 Å². The van der Waals surface area contributed by atoms with E-state index < -0.39 is 0 Å². The average Bonchev–Trinajstić information content (AvgIpc) is 2.49. The van der Waals surface area contributed by atoms with Crippen LogP contribution in [0.1, 0.15) is 43.7 Å². The molecular formula is C17H28N2O2. The monoisotopic (exact) mass is 292 g/mol. The molecule has 1 aliphatic heterocycles. The van der Waals surface area contributed by atoms with Crippen LogP contribution in [0.15, 0.2) is 18.2 Å². The summed E-state index contributed by atoms with van der Waals surface area (Å²) in [6, 6.07) is 5.98. The predicted molar refractivity (Wildman–Crippen MR) is 86.0 cm³/mol. The van der Waals surface area contributed by atoms with Gasteiger partial charge in [-0.1, -0.05) is 25.3 Å². The maximum absolute atomic E-state index is 6.39. The third kappa shape index (κ3) is 4.61. The van der Waals surface area contributed by atoms with E-state index in [1.54, 1.807) is 14.2 Å². The van der Waals surface area contributed by atoms with E-state index >= 15 is 0 Å². The van der Waals surface area contributed by atoms with Gasteiger partial charge in [-0.15, -0.1) is 0 Å². The Hall–Kier alpha value is -1.26. The van der Waals surface area contributed by atoms with Crippen LogP contribution in [0.4, 0.5) is 0 Å². The van der Waals surface area contributed by atoms with Gasteiger partial charge in [0.25, 0.3) is 0 Å². The normalized spacial score (nSPS) is 18.6. The lowest BCUT2D eigenvalue weighted by atomic mass is 10.0. The molecule has 1 saturated heterocycles. The summed E-state index contributed by atoms with van der Waals surface area (Å²) < 4.78 is 10.6. The molecule has 4 nitrogen and oxygen atoms in total. The number of hydrogen-bond donors (Lipinski definition) is 1. The molecule has 0 radical (unpaired) electrons. The Morgan fingerprint density at radius 1 is 1.00 bits per heavy atom. The van der Waals surface area contributed by atoms with E-state index in [0.29, 0.717) is 0 Å². The molecule has 0 aromatic heterocycles. The van der Waals surface area contributed by atoms with E-state index in [4.69, 9.17) is 15.2 Å². The minimum Gasteiger partial charge on any atom is -0.493 e. The molecule has 2 rings (SSSR count). The van der Waals surface area contributed by atoms with E-state index in [9.17, 15) is 0 Å². The van der Waals surface area contributed by atoms with Crippen LogP contribution in [0, 0.1) is 0 Å². The molecule has 0 bridgehead atoms. The average molecular weight is 292 g/mol. The fourth-order valence-electron chi connectivity index (χ4n) is 2.96. The Kier molecular flexibility index (Phi) is 6.33. The van der Waals surface area contributed by atoms with Gasteiger partial charge in [-0.05, 0) is 43.6 Å². The Morgan fingerprint density at radius 3 is 2.24 bits per heavy atom. The van der Waals surface area contributed by atoms with Crippen LogP contribution in [0.5, 0.6) is 11.5 Å². The molecule has 4 heteroatoms. The highest BCUT2D eigenvalue weighted by Crippen LogP contribution is 2.29. The van der Waals surface area contributed by atoms with E-state index in [-0.39, 0.29) is 6.04 Å². The third-order valence-corrected chi connectivity index (χ3v) is 4.24. The molecule has 21 heavy (non-hydrogen) atoms. The summed E-state index contributed by atoms with van der Waals surface area (Å²) in [5.41, 5.74) is 7.50. The number of ether oxygens (including phenoxy) is 2. The molecule has 1 fully saturated rings. The van der Waals surface area contributed by atoms with Gasteiger partial charge in [0.15, 0.2) is 11.5 Å². The highest BCUT2D eigenvalue weighted by molar-refractivity contribution is 5.43. The van der Waals surface area contributed by atoms with Crippen molar-refractivity contribution in [2.24, 2.45) is 5.73 Å². The summed E-state index contributed by atoms with van der Waals surface area (Å²) >= 11 is 0. The summed E-state index contributed by atoms with van der Waals surface area (Å²) in [7, 11) is 3.31. The molecule has 1 atom stereocenters. The van der Waals surface area contributed by atoms with Gasteiger partial charge in [-0.2, -0.15) is 0 Å². The van der Waals surface area contributed by atoms with Crippen LogP contribution < -0.4 is 15.2 Å². The second-order valence-corrected chi connectivity index (χ2v) is 5.79. The number of likely N-dealkylation sites (tertiary alicyclic amines) is 1. The number of nitrogens with two attached hydrogens (primary N) is 1. The molecule has 2 N–H and O–H groups in total. The van der Waals surface area contributed by atoms with E-state index in [1.165, 1.54) is 45.2 Å². The molecule has 1 aromatic carbocycles.